The molecule has 3 aromatic rings. The van der Waals surface area contributed by atoms with Gasteiger partial charge in [-0.2, -0.15) is 0 Å². The number of anilines is 2. The van der Waals surface area contributed by atoms with Crippen molar-refractivity contribution < 1.29 is 14.1 Å². The first-order valence-corrected chi connectivity index (χ1v) is 7.88. The van der Waals surface area contributed by atoms with Gasteiger partial charge < -0.3 is 14.6 Å². The number of carbonyl (C=O) groups is 1. The van der Waals surface area contributed by atoms with Crippen LogP contribution in [0.3, 0.4) is 0 Å². The first-order valence-electron chi connectivity index (χ1n) is 7.00. The topological polar surface area (TPSA) is 77.2 Å². The van der Waals surface area contributed by atoms with Gasteiger partial charge in [-0.05, 0) is 26.0 Å². The van der Waals surface area contributed by atoms with Gasteiger partial charge in [0, 0.05) is 11.1 Å². The van der Waals surface area contributed by atoms with E-state index in [9.17, 15) is 4.79 Å². The van der Waals surface area contributed by atoms with Gasteiger partial charge in [0.05, 0.1) is 11.4 Å². The Kier molecular flexibility index (Phi) is 4.38. The molecule has 0 atom stereocenters. The summed E-state index contributed by atoms with van der Waals surface area (Å²) in [7, 11) is 0. The van der Waals surface area contributed by atoms with Crippen LogP contribution in [-0.4, -0.2) is 16.1 Å². The van der Waals surface area contributed by atoms with Crippen LogP contribution in [0.2, 0.25) is 0 Å². The van der Waals surface area contributed by atoms with E-state index in [0.717, 1.165) is 10.8 Å². The smallest absolute Gasteiger partial charge is 0.344 e. The molecule has 0 amide bonds. The number of hydrogen-bond acceptors (Lipinski definition) is 7. The van der Waals surface area contributed by atoms with E-state index in [-0.39, 0.29) is 6.61 Å². The molecule has 0 saturated carbocycles. The molecule has 1 aromatic carbocycles. The van der Waals surface area contributed by atoms with E-state index >= 15 is 0 Å². The number of aryl methyl sites for hydroxylation is 2. The van der Waals surface area contributed by atoms with Crippen LogP contribution in [0.5, 0.6) is 0 Å². The van der Waals surface area contributed by atoms with E-state index in [1.807, 2.05) is 35.7 Å². The molecule has 0 radical (unpaired) electrons. The van der Waals surface area contributed by atoms with Gasteiger partial charge in [0.2, 0.25) is 0 Å². The monoisotopic (exact) mass is 329 g/mol. The van der Waals surface area contributed by atoms with Gasteiger partial charge in [0.15, 0.2) is 5.13 Å². The number of ether oxygens (including phenoxy) is 1. The van der Waals surface area contributed by atoms with Gasteiger partial charge in [0.1, 0.15) is 17.9 Å². The van der Waals surface area contributed by atoms with E-state index in [1.54, 1.807) is 13.8 Å². The van der Waals surface area contributed by atoms with Gasteiger partial charge in [-0.25, -0.2) is 9.78 Å². The summed E-state index contributed by atoms with van der Waals surface area (Å²) in [5.74, 6) is 0.00373. The molecular formula is C16H15N3O3S. The molecule has 0 fully saturated rings. The lowest BCUT2D eigenvalue weighted by Gasteiger charge is -2.02. The highest BCUT2D eigenvalue weighted by atomic mass is 32.1. The number of aromatic nitrogens is 2. The summed E-state index contributed by atoms with van der Waals surface area (Å²) in [4.78, 5) is 16.5. The van der Waals surface area contributed by atoms with Crippen LogP contribution in [0.15, 0.2) is 40.2 Å². The third-order valence-electron chi connectivity index (χ3n) is 3.17. The number of hydrogen-bond donors (Lipinski definition) is 1. The Morgan fingerprint density at radius 1 is 1.30 bits per heavy atom. The first kappa shape index (κ1) is 15.2. The van der Waals surface area contributed by atoms with Crippen LogP contribution < -0.4 is 5.32 Å². The molecule has 1 N–H and O–H groups in total. The summed E-state index contributed by atoms with van der Waals surface area (Å²) in [6.45, 7) is 3.50. The van der Waals surface area contributed by atoms with Crippen molar-refractivity contribution in [1.29, 1.82) is 0 Å². The number of para-hydroxylation sites is 1. The second-order valence-corrected chi connectivity index (χ2v) is 5.77. The summed E-state index contributed by atoms with van der Waals surface area (Å²) in [6.07, 6.45) is 0. The van der Waals surface area contributed by atoms with Crippen LogP contribution in [0.1, 0.15) is 27.5 Å². The fourth-order valence-corrected chi connectivity index (χ4v) is 2.78. The molecule has 0 unspecified atom stereocenters. The molecule has 0 aliphatic carbocycles. The lowest BCUT2D eigenvalue weighted by molar-refractivity contribution is 0.0466. The third kappa shape index (κ3) is 3.57. The van der Waals surface area contributed by atoms with Crippen molar-refractivity contribution >= 4 is 28.1 Å². The highest BCUT2D eigenvalue weighted by Gasteiger charge is 2.19. The van der Waals surface area contributed by atoms with Crippen LogP contribution in [0.25, 0.3) is 0 Å². The number of nitrogens with zero attached hydrogens (tertiary/aromatic N) is 2. The highest BCUT2D eigenvalue weighted by Crippen LogP contribution is 2.21. The molecule has 0 bridgehead atoms. The second kappa shape index (κ2) is 6.62. The number of thiazole rings is 1. The fourth-order valence-electron chi connectivity index (χ4n) is 2.06. The molecule has 2 heterocycles. The van der Waals surface area contributed by atoms with E-state index in [4.69, 9.17) is 9.26 Å². The van der Waals surface area contributed by atoms with E-state index in [1.165, 1.54) is 11.3 Å². The third-order valence-corrected chi connectivity index (χ3v) is 3.97. The van der Waals surface area contributed by atoms with Crippen molar-refractivity contribution in [2.75, 3.05) is 5.32 Å². The normalized spacial score (nSPS) is 10.5. The van der Waals surface area contributed by atoms with Gasteiger partial charge in [-0.1, -0.05) is 23.4 Å². The zero-order chi connectivity index (χ0) is 16.2. The summed E-state index contributed by atoms with van der Waals surface area (Å²) in [6, 6.07) is 9.76. The molecule has 6 nitrogen and oxygen atoms in total. The minimum Gasteiger partial charge on any atom is -0.455 e. The molecule has 3 rings (SSSR count). The van der Waals surface area contributed by atoms with Crippen molar-refractivity contribution in [3.63, 3.8) is 0 Å². The Hall–Kier alpha value is -2.67. The molecule has 0 aliphatic heterocycles. The van der Waals surface area contributed by atoms with Crippen molar-refractivity contribution in [3.8, 4) is 0 Å². The van der Waals surface area contributed by atoms with Crippen molar-refractivity contribution in [2.45, 2.75) is 20.5 Å². The molecule has 0 spiro atoms. The van der Waals surface area contributed by atoms with Crippen molar-refractivity contribution in [1.82, 2.24) is 10.1 Å². The maximum absolute atomic E-state index is 12.1. The molecule has 0 saturated heterocycles. The number of rotatable bonds is 5. The molecule has 23 heavy (non-hydrogen) atoms. The highest BCUT2D eigenvalue weighted by molar-refractivity contribution is 7.13. The molecule has 118 valence electrons. The number of benzene rings is 1. The number of nitrogens with one attached hydrogen (secondary N) is 1. The second-order valence-electron chi connectivity index (χ2n) is 4.91. The van der Waals surface area contributed by atoms with Crippen LogP contribution in [0.4, 0.5) is 10.8 Å². The van der Waals surface area contributed by atoms with Gasteiger partial charge in [-0.15, -0.1) is 11.3 Å². The van der Waals surface area contributed by atoms with Crippen LogP contribution >= 0.6 is 11.3 Å². The maximum atomic E-state index is 12.1. The van der Waals surface area contributed by atoms with Gasteiger partial charge in [-0.3, -0.25) is 0 Å². The van der Waals surface area contributed by atoms with Gasteiger partial charge >= 0.3 is 5.97 Å². The SMILES string of the molecule is Cc1noc(C)c1C(=O)OCc1csc(Nc2ccccc2)n1. The van der Waals surface area contributed by atoms with E-state index in [2.05, 4.69) is 15.5 Å². The van der Waals surface area contributed by atoms with Crippen LogP contribution in [0, 0.1) is 13.8 Å². The van der Waals surface area contributed by atoms with E-state index in [0.29, 0.717) is 22.7 Å². The average molecular weight is 329 g/mol. The van der Waals surface area contributed by atoms with Crippen molar-refractivity contribution in [3.05, 3.63) is 58.4 Å². The van der Waals surface area contributed by atoms with Crippen LogP contribution in [-0.2, 0) is 11.3 Å². The standard InChI is InChI=1S/C16H15N3O3S/c1-10-14(11(2)22-19-10)15(20)21-8-13-9-23-16(18-13)17-12-6-4-3-5-7-12/h3-7,9H,8H2,1-2H3,(H,17,18). The maximum Gasteiger partial charge on any atom is 0.344 e. The van der Waals surface area contributed by atoms with Gasteiger partial charge in [0.25, 0.3) is 0 Å². The Bertz CT molecular complexity index is 792. The Morgan fingerprint density at radius 2 is 2.09 bits per heavy atom. The lowest BCUT2D eigenvalue weighted by Crippen LogP contribution is -2.07. The number of carbonyl (C=O) groups excluding carboxylic acids is 1. The minimum atomic E-state index is -0.452. The molecule has 2 aromatic heterocycles. The van der Waals surface area contributed by atoms with Crippen molar-refractivity contribution in [2.24, 2.45) is 0 Å². The number of esters is 1. The Balaban J connectivity index is 1.60. The first-order chi connectivity index (χ1) is 11.1. The minimum absolute atomic E-state index is 0.107. The van der Waals surface area contributed by atoms with E-state index < -0.39 is 5.97 Å². The quantitative estimate of drug-likeness (QED) is 0.716. The predicted molar refractivity (Wildman–Crippen MR) is 86.9 cm³/mol. The summed E-state index contributed by atoms with van der Waals surface area (Å²) in [5.41, 5.74) is 2.55. The molecule has 7 heteroatoms. The molecule has 0 aliphatic rings. The largest absolute Gasteiger partial charge is 0.455 e. The Labute approximate surface area is 137 Å². The zero-order valence-corrected chi connectivity index (χ0v) is 13.5. The molecular weight excluding hydrogens is 314 g/mol. The zero-order valence-electron chi connectivity index (χ0n) is 12.7. The fraction of sp³-hybridized carbons (Fsp3) is 0.188. The summed E-state index contributed by atoms with van der Waals surface area (Å²) >= 11 is 1.46. The summed E-state index contributed by atoms with van der Waals surface area (Å²) < 4.78 is 10.2. The average Bonchev–Trinajstić information content (AvgIpc) is 3.13. The Morgan fingerprint density at radius 3 is 2.78 bits per heavy atom. The lowest BCUT2D eigenvalue weighted by atomic mass is 10.2. The predicted octanol–water partition coefficient (Wildman–Crippen LogP) is 3.85. The summed E-state index contributed by atoms with van der Waals surface area (Å²) in [5, 5.41) is 9.55.